The molecule has 9 nitrogen and oxygen atoms in total. The predicted molar refractivity (Wildman–Crippen MR) is 131 cm³/mol. The van der Waals surface area contributed by atoms with E-state index in [-0.39, 0.29) is 19.2 Å². The minimum Gasteiger partial charge on any atom is -0.490 e. The van der Waals surface area contributed by atoms with Crippen molar-refractivity contribution < 1.29 is 24.3 Å². The maximum Gasteiger partial charge on any atom is 0.268 e. The number of rotatable bonds is 10. The number of carbonyl (C=O) groups is 1. The highest BCUT2D eigenvalue weighted by Crippen LogP contribution is 2.37. The third kappa shape index (κ3) is 6.01. The largest absolute Gasteiger partial charge is 0.490 e. The van der Waals surface area contributed by atoms with E-state index in [0.29, 0.717) is 23.4 Å². The van der Waals surface area contributed by atoms with Gasteiger partial charge in [-0.15, -0.1) is 11.3 Å². The molecular weight excluding hydrogens is 456 g/mol. The Bertz CT molecular complexity index is 1120. The van der Waals surface area contributed by atoms with Crippen molar-refractivity contribution in [2.75, 3.05) is 19.8 Å². The van der Waals surface area contributed by atoms with Gasteiger partial charge in [-0.05, 0) is 61.6 Å². The van der Waals surface area contributed by atoms with Crippen molar-refractivity contribution in [3.05, 3.63) is 39.8 Å². The fourth-order valence-electron chi connectivity index (χ4n) is 3.51. The molecule has 10 heteroatoms. The normalized spacial score (nSPS) is 13.2. The van der Waals surface area contributed by atoms with Gasteiger partial charge in [0.1, 0.15) is 25.1 Å². The first-order chi connectivity index (χ1) is 16.1. The molecule has 2 heterocycles. The van der Waals surface area contributed by atoms with Crippen molar-refractivity contribution in [2.24, 2.45) is 11.7 Å². The van der Waals surface area contributed by atoms with E-state index in [9.17, 15) is 9.90 Å². The molecule has 0 saturated carbocycles. The summed E-state index contributed by atoms with van der Waals surface area (Å²) in [4.78, 5) is 17.7. The van der Waals surface area contributed by atoms with Crippen LogP contribution in [0.2, 0.25) is 0 Å². The Kier molecular flexibility index (Phi) is 8.42. The zero-order valence-electron chi connectivity index (χ0n) is 20.1. The lowest BCUT2D eigenvalue weighted by Crippen LogP contribution is -2.36. The molecule has 0 aliphatic carbocycles. The number of nitrogens with two attached hydrogens (primary N) is 1. The molecule has 0 bridgehead atoms. The first-order valence-electron chi connectivity index (χ1n) is 11.1. The molecule has 184 valence electrons. The van der Waals surface area contributed by atoms with Gasteiger partial charge in [-0.2, -0.15) is 4.98 Å². The average molecular weight is 489 g/mol. The molecule has 1 amide bonds. The molecule has 0 radical (unpaired) electrons. The molecule has 0 aliphatic rings. The monoisotopic (exact) mass is 488 g/mol. The van der Waals surface area contributed by atoms with Crippen LogP contribution in [0.4, 0.5) is 0 Å². The van der Waals surface area contributed by atoms with Crippen LogP contribution in [0.1, 0.15) is 41.5 Å². The Morgan fingerprint density at radius 3 is 2.50 bits per heavy atom. The van der Waals surface area contributed by atoms with Gasteiger partial charge >= 0.3 is 0 Å². The highest BCUT2D eigenvalue weighted by molar-refractivity contribution is 7.15. The lowest BCUT2D eigenvalue weighted by Gasteiger charge is -2.16. The summed E-state index contributed by atoms with van der Waals surface area (Å²) >= 11 is 1.58. The molecule has 2 atom stereocenters. The Morgan fingerprint density at radius 2 is 1.88 bits per heavy atom. The molecule has 34 heavy (non-hydrogen) atoms. The molecule has 5 N–H and O–H groups in total. The van der Waals surface area contributed by atoms with Gasteiger partial charge in [0, 0.05) is 23.0 Å². The summed E-state index contributed by atoms with van der Waals surface area (Å²) in [5.74, 6) is 1.35. The molecular formula is C24H32N4O5S. The van der Waals surface area contributed by atoms with Crippen molar-refractivity contribution in [1.29, 1.82) is 0 Å². The van der Waals surface area contributed by atoms with Gasteiger partial charge in [-0.1, -0.05) is 19.0 Å². The molecule has 2 unspecified atom stereocenters. The summed E-state index contributed by atoms with van der Waals surface area (Å²) < 4.78 is 11.3. The van der Waals surface area contributed by atoms with E-state index in [0.717, 1.165) is 32.0 Å². The second-order valence-electron chi connectivity index (χ2n) is 8.72. The molecule has 3 aromatic rings. The fourth-order valence-corrected chi connectivity index (χ4v) is 4.78. The number of carbonyl (C=O) groups excluding carboxylic acids is 1. The van der Waals surface area contributed by atoms with Crippen molar-refractivity contribution in [1.82, 2.24) is 15.5 Å². The molecule has 0 fully saturated rings. The van der Waals surface area contributed by atoms with E-state index in [2.05, 4.69) is 29.3 Å². The zero-order valence-corrected chi connectivity index (χ0v) is 20.9. The van der Waals surface area contributed by atoms with Crippen LogP contribution in [0.5, 0.6) is 5.75 Å². The average Bonchev–Trinajstić information content (AvgIpc) is 3.43. The van der Waals surface area contributed by atoms with Crippen molar-refractivity contribution in [3.8, 4) is 27.9 Å². The number of benzene rings is 1. The number of nitrogens with one attached hydrogen (secondary N) is 1. The van der Waals surface area contributed by atoms with Crippen LogP contribution in [-0.4, -0.2) is 52.1 Å². The van der Waals surface area contributed by atoms with E-state index in [4.69, 9.17) is 20.1 Å². The van der Waals surface area contributed by atoms with Gasteiger partial charge in [0.05, 0.1) is 4.88 Å². The van der Waals surface area contributed by atoms with Crippen LogP contribution in [0, 0.1) is 26.7 Å². The van der Waals surface area contributed by atoms with Crippen LogP contribution >= 0.6 is 11.3 Å². The Morgan fingerprint density at radius 1 is 1.21 bits per heavy atom. The summed E-state index contributed by atoms with van der Waals surface area (Å²) in [6.45, 7) is 9.40. The predicted octanol–water partition coefficient (Wildman–Crippen LogP) is 2.89. The molecule has 3 rings (SSSR count). The lowest BCUT2D eigenvalue weighted by atomic mass is 10.0. The number of aryl methyl sites for hydroxylation is 3. The maximum absolute atomic E-state index is 11.1. The highest BCUT2D eigenvalue weighted by atomic mass is 32.1. The standard InChI is InChI=1S/C24H32N4O5S/c1-12(2)20(25)22-15(5)8-18(34-22)24-27-23(28-33-24)16-6-13(3)21(14(4)7-16)32-11-17(30)9-26-19(31)10-29/h6-8,12,17,20,29-30H,9-11,25H2,1-5H3,(H,26,31). The smallest absolute Gasteiger partial charge is 0.268 e. The minimum absolute atomic E-state index is 0.00231. The summed E-state index contributed by atoms with van der Waals surface area (Å²) in [7, 11) is 0. The van der Waals surface area contributed by atoms with Crippen molar-refractivity contribution in [2.45, 2.75) is 46.8 Å². The van der Waals surface area contributed by atoms with Gasteiger partial charge in [0.25, 0.3) is 5.89 Å². The number of ether oxygens (including phenoxy) is 1. The van der Waals surface area contributed by atoms with Crippen LogP contribution in [0.3, 0.4) is 0 Å². The van der Waals surface area contributed by atoms with Gasteiger partial charge < -0.3 is 30.5 Å². The number of hydrogen-bond acceptors (Lipinski definition) is 9. The van der Waals surface area contributed by atoms with E-state index in [1.807, 2.05) is 39.0 Å². The lowest BCUT2D eigenvalue weighted by molar-refractivity contribution is -0.124. The number of amides is 1. The molecule has 2 aromatic heterocycles. The Labute approximate surface area is 203 Å². The van der Waals surface area contributed by atoms with Gasteiger partial charge in [-0.25, -0.2) is 0 Å². The number of thiophene rings is 1. The molecule has 1 aromatic carbocycles. The van der Waals surface area contributed by atoms with Crippen LogP contribution in [0.25, 0.3) is 22.2 Å². The third-order valence-electron chi connectivity index (χ3n) is 5.43. The zero-order chi connectivity index (χ0) is 25.0. The van der Waals surface area contributed by atoms with Crippen LogP contribution in [-0.2, 0) is 4.79 Å². The van der Waals surface area contributed by atoms with Crippen molar-refractivity contribution >= 4 is 17.2 Å². The van der Waals surface area contributed by atoms with Crippen LogP contribution in [0.15, 0.2) is 22.7 Å². The van der Waals surface area contributed by atoms with Gasteiger partial charge in [-0.3, -0.25) is 4.79 Å². The molecule has 0 saturated heterocycles. The first-order valence-corrected chi connectivity index (χ1v) is 11.9. The third-order valence-corrected chi connectivity index (χ3v) is 6.76. The SMILES string of the molecule is Cc1cc(-c2nc(-c3cc(C)c(OCC(O)CNC(=O)CO)c(C)c3)no2)sc1C(N)C(C)C. The van der Waals surface area contributed by atoms with E-state index in [1.54, 1.807) is 11.3 Å². The number of hydrogen-bond donors (Lipinski definition) is 4. The Hall–Kier alpha value is -2.79. The number of aliphatic hydroxyl groups excluding tert-OH is 2. The van der Waals surface area contributed by atoms with E-state index in [1.165, 1.54) is 0 Å². The second-order valence-corrected chi connectivity index (χ2v) is 9.80. The van der Waals surface area contributed by atoms with Gasteiger partial charge in [0.2, 0.25) is 11.7 Å². The van der Waals surface area contributed by atoms with E-state index >= 15 is 0 Å². The number of nitrogens with zero attached hydrogens (tertiary/aromatic N) is 2. The fraction of sp³-hybridized carbons (Fsp3) is 0.458. The molecule has 0 aliphatic heterocycles. The number of aliphatic hydroxyl groups is 2. The summed E-state index contributed by atoms with van der Waals surface area (Å²) in [5.41, 5.74) is 9.96. The molecule has 0 spiro atoms. The van der Waals surface area contributed by atoms with Gasteiger partial charge in [0.15, 0.2) is 0 Å². The van der Waals surface area contributed by atoms with E-state index < -0.39 is 18.6 Å². The minimum atomic E-state index is -0.906. The summed E-state index contributed by atoms with van der Waals surface area (Å²) in [6.07, 6.45) is -0.906. The maximum atomic E-state index is 11.1. The highest BCUT2D eigenvalue weighted by Gasteiger charge is 2.20. The number of aromatic nitrogens is 2. The Balaban J connectivity index is 1.73. The second kappa shape index (κ2) is 11.1. The summed E-state index contributed by atoms with van der Waals surface area (Å²) in [6, 6.07) is 5.79. The first kappa shape index (κ1) is 25.8. The quantitative estimate of drug-likeness (QED) is 0.341. The topological polar surface area (TPSA) is 144 Å². The van der Waals surface area contributed by atoms with Crippen molar-refractivity contribution in [3.63, 3.8) is 0 Å². The summed E-state index contributed by atoms with van der Waals surface area (Å²) in [5, 5.41) is 25.3. The van der Waals surface area contributed by atoms with Crippen LogP contribution < -0.4 is 15.8 Å².